The van der Waals surface area contributed by atoms with Crippen LogP contribution in [0.4, 0.5) is 0 Å². The molecule has 0 aromatic rings. The molecule has 0 spiro atoms. The molecule has 0 atom stereocenters. The monoisotopic (exact) mass is 305 g/mol. The minimum absolute atomic E-state index is 0.0586. The molecule has 0 aliphatic carbocycles. The van der Waals surface area contributed by atoms with E-state index in [9.17, 15) is 13.2 Å². The molecule has 0 radical (unpaired) electrons. The predicted octanol–water partition coefficient (Wildman–Crippen LogP) is 0.212. The molecule has 7 heteroatoms. The van der Waals surface area contributed by atoms with Gasteiger partial charge in [-0.05, 0) is 13.5 Å². The molecule has 118 valence electrons. The molecular weight excluding hydrogens is 278 g/mol. The molecule has 1 rings (SSSR count). The number of piperazine rings is 1. The minimum atomic E-state index is -3.22. The maximum atomic E-state index is 12.1. The van der Waals surface area contributed by atoms with Crippen LogP contribution < -0.4 is 0 Å². The highest BCUT2D eigenvalue weighted by Gasteiger charge is 2.22. The molecule has 1 amide bonds. The minimum Gasteiger partial charge on any atom is -0.340 e. The first-order valence-corrected chi connectivity index (χ1v) is 9.11. The van der Waals surface area contributed by atoms with Crippen LogP contribution in [0.5, 0.6) is 0 Å². The van der Waals surface area contributed by atoms with Gasteiger partial charge in [0, 0.05) is 45.7 Å². The Hall–Kier alpha value is -0.660. The van der Waals surface area contributed by atoms with Crippen molar-refractivity contribution >= 4 is 15.9 Å². The van der Waals surface area contributed by atoms with Crippen molar-refractivity contribution in [1.29, 1.82) is 0 Å². The first-order valence-electron chi connectivity index (χ1n) is 7.26. The van der Waals surface area contributed by atoms with E-state index in [2.05, 4.69) is 4.90 Å². The summed E-state index contributed by atoms with van der Waals surface area (Å²) in [4.78, 5) is 16.1. The highest BCUT2D eigenvalue weighted by atomic mass is 32.2. The number of carbonyl (C=O) groups is 1. The van der Waals surface area contributed by atoms with Crippen LogP contribution in [0.2, 0.25) is 0 Å². The molecule has 1 heterocycles. The predicted molar refractivity (Wildman–Crippen MR) is 80.0 cm³/mol. The number of hydrogen-bond acceptors (Lipinski definition) is 4. The van der Waals surface area contributed by atoms with Crippen LogP contribution in [-0.4, -0.2) is 81.0 Å². The van der Waals surface area contributed by atoms with Gasteiger partial charge in [-0.2, -0.15) is 0 Å². The largest absolute Gasteiger partial charge is 0.340 e. The van der Waals surface area contributed by atoms with Crippen LogP contribution >= 0.6 is 0 Å². The Labute approximate surface area is 122 Å². The first-order chi connectivity index (χ1) is 9.34. The van der Waals surface area contributed by atoms with Crippen molar-refractivity contribution in [2.24, 2.45) is 0 Å². The van der Waals surface area contributed by atoms with Crippen LogP contribution in [0.25, 0.3) is 0 Å². The van der Waals surface area contributed by atoms with Crippen molar-refractivity contribution in [2.75, 3.05) is 52.6 Å². The summed E-state index contributed by atoms with van der Waals surface area (Å²) in [5.74, 6) is 0.0586. The number of nitrogens with zero attached hydrogens (tertiary/aromatic N) is 3. The first kappa shape index (κ1) is 17.4. The number of likely N-dealkylation sites (N-methyl/N-ethyl adjacent to an activating group) is 1. The highest BCUT2D eigenvalue weighted by molar-refractivity contribution is 7.88. The molecule has 0 saturated carbocycles. The van der Waals surface area contributed by atoms with Gasteiger partial charge in [0.2, 0.25) is 15.9 Å². The number of amides is 1. The molecule has 1 aliphatic rings. The third-order valence-corrected chi connectivity index (χ3v) is 4.96. The standard InChI is InChI=1S/C13H27N3O3S/c1-4-5-7-16(20(3,18)19)8-6-13(17)15-11-9-14(2)10-12-15/h4-12H2,1-3H3. The van der Waals surface area contributed by atoms with Gasteiger partial charge in [0.15, 0.2) is 0 Å². The number of unbranched alkanes of at least 4 members (excludes halogenated alkanes) is 1. The second kappa shape index (κ2) is 7.95. The van der Waals surface area contributed by atoms with Crippen LogP contribution in [-0.2, 0) is 14.8 Å². The summed E-state index contributed by atoms with van der Waals surface area (Å²) in [7, 11) is -1.18. The Bertz CT molecular complexity index is 403. The highest BCUT2D eigenvalue weighted by Crippen LogP contribution is 2.06. The third kappa shape index (κ3) is 5.76. The van der Waals surface area contributed by atoms with Crippen LogP contribution in [0.15, 0.2) is 0 Å². The maximum Gasteiger partial charge on any atom is 0.223 e. The average molecular weight is 305 g/mol. The van der Waals surface area contributed by atoms with Gasteiger partial charge in [-0.3, -0.25) is 4.79 Å². The molecule has 0 N–H and O–H groups in total. The van der Waals surface area contributed by atoms with E-state index >= 15 is 0 Å². The fraction of sp³-hybridized carbons (Fsp3) is 0.923. The molecule has 6 nitrogen and oxygen atoms in total. The van der Waals surface area contributed by atoms with E-state index in [4.69, 9.17) is 0 Å². The van der Waals surface area contributed by atoms with Gasteiger partial charge in [-0.15, -0.1) is 0 Å². The van der Waals surface area contributed by atoms with E-state index in [-0.39, 0.29) is 12.3 Å². The summed E-state index contributed by atoms with van der Waals surface area (Å²) in [5.41, 5.74) is 0. The zero-order chi connectivity index (χ0) is 15.2. The van der Waals surface area contributed by atoms with Crippen molar-refractivity contribution in [3.8, 4) is 0 Å². The van der Waals surface area contributed by atoms with Crippen molar-refractivity contribution in [2.45, 2.75) is 26.2 Å². The zero-order valence-electron chi connectivity index (χ0n) is 12.8. The number of rotatable bonds is 7. The Balaban J connectivity index is 2.44. The second-order valence-electron chi connectivity index (χ2n) is 5.45. The Morgan fingerprint density at radius 2 is 1.75 bits per heavy atom. The second-order valence-corrected chi connectivity index (χ2v) is 7.43. The van der Waals surface area contributed by atoms with Gasteiger partial charge >= 0.3 is 0 Å². The topological polar surface area (TPSA) is 60.9 Å². The Morgan fingerprint density at radius 3 is 2.25 bits per heavy atom. The average Bonchev–Trinajstić information content (AvgIpc) is 2.37. The normalized spacial score (nSPS) is 17.7. The lowest BCUT2D eigenvalue weighted by atomic mass is 10.3. The summed E-state index contributed by atoms with van der Waals surface area (Å²) in [6.07, 6.45) is 3.26. The van der Waals surface area contributed by atoms with Gasteiger partial charge in [0.25, 0.3) is 0 Å². The smallest absolute Gasteiger partial charge is 0.223 e. The van der Waals surface area contributed by atoms with E-state index in [0.29, 0.717) is 13.1 Å². The van der Waals surface area contributed by atoms with E-state index < -0.39 is 10.0 Å². The molecule has 0 unspecified atom stereocenters. The van der Waals surface area contributed by atoms with Crippen LogP contribution in [0, 0.1) is 0 Å². The molecule has 1 fully saturated rings. The van der Waals surface area contributed by atoms with Gasteiger partial charge in [0.1, 0.15) is 0 Å². The van der Waals surface area contributed by atoms with E-state index in [1.807, 2.05) is 18.9 Å². The van der Waals surface area contributed by atoms with E-state index in [0.717, 1.165) is 39.0 Å². The van der Waals surface area contributed by atoms with Gasteiger partial charge in [-0.1, -0.05) is 13.3 Å². The van der Waals surface area contributed by atoms with Crippen molar-refractivity contribution in [3.63, 3.8) is 0 Å². The van der Waals surface area contributed by atoms with E-state index in [1.54, 1.807) is 0 Å². The van der Waals surface area contributed by atoms with Crippen LogP contribution in [0.1, 0.15) is 26.2 Å². The summed E-state index contributed by atoms with van der Waals surface area (Å²) >= 11 is 0. The lowest BCUT2D eigenvalue weighted by Crippen LogP contribution is -2.48. The lowest BCUT2D eigenvalue weighted by molar-refractivity contribution is -0.132. The lowest BCUT2D eigenvalue weighted by Gasteiger charge is -2.33. The fourth-order valence-electron chi connectivity index (χ4n) is 2.21. The summed E-state index contributed by atoms with van der Waals surface area (Å²) in [6, 6.07) is 0. The fourth-order valence-corrected chi connectivity index (χ4v) is 3.10. The molecule has 0 aromatic carbocycles. The Kier molecular flexibility index (Phi) is 6.91. The molecule has 1 saturated heterocycles. The van der Waals surface area contributed by atoms with Gasteiger partial charge in [0.05, 0.1) is 6.26 Å². The van der Waals surface area contributed by atoms with Crippen molar-refractivity contribution < 1.29 is 13.2 Å². The van der Waals surface area contributed by atoms with Crippen LogP contribution in [0.3, 0.4) is 0 Å². The number of hydrogen-bond donors (Lipinski definition) is 0. The van der Waals surface area contributed by atoms with Crippen molar-refractivity contribution in [3.05, 3.63) is 0 Å². The van der Waals surface area contributed by atoms with Gasteiger partial charge < -0.3 is 9.80 Å². The summed E-state index contributed by atoms with van der Waals surface area (Å²) < 4.78 is 24.7. The maximum absolute atomic E-state index is 12.1. The summed E-state index contributed by atoms with van der Waals surface area (Å²) in [6.45, 7) is 6.08. The molecule has 0 aromatic heterocycles. The third-order valence-electron chi connectivity index (χ3n) is 3.66. The molecule has 1 aliphatic heterocycles. The molecular formula is C13H27N3O3S. The van der Waals surface area contributed by atoms with E-state index in [1.165, 1.54) is 10.6 Å². The SMILES string of the molecule is CCCCN(CCC(=O)N1CCN(C)CC1)S(C)(=O)=O. The Morgan fingerprint density at radius 1 is 1.15 bits per heavy atom. The summed E-state index contributed by atoms with van der Waals surface area (Å²) in [5, 5.41) is 0. The quantitative estimate of drug-likeness (QED) is 0.675. The molecule has 20 heavy (non-hydrogen) atoms. The van der Waals surface area contributed by atoms with Crippen molar-refractivity contribution in [1.82, 2.24) is 14.1 Å². The van der Waals surface area contributed by atoms with Gasteiger partial charge in [-0.25, -0.2) is 12.7 Å². The number of carbonyl (C=O) groups excluding carboxylic acids is 1. The molecule has 0 bridgehead atoms. The zero-order valence-corrected chi connectivity index (χ0v) is 13.7. The number of sulfonamides is 1.